The van der Waals surface area contributed by atoms with Gasteiger partial charge in [0, 0.05) is 10.0 Å². The number of rotatable bonds is 2. The second-order valence-corrected chi connectivity index (χ2v) is 7.59. The van der Waals surface area contributed by atoms with Crippen LogP contribution >= 0.6 is 15.9 Å². The van der Waals surface area contributed by atoms with E-state index in [9.17, 15) is 9.18 Å². The Labute approximate surface area is 162 Å². The minimum absolute atomic E-state index is 0.175. The Morgan fingerprint density at radius 1 is 1.22 bits per heavy atom. The molecule has 3 heterocycles. The summed E-state index contributed by atoms with van der Waals surface area (Å²) in [6, 6.07) is 12.1. The van der Waals surface area contributed by atoms with Gasteiger partial charge in [0.15, 0.2) is 5.60 Å². The van der Waals surface area contributed by atoms with E-state index in [1.807, 2.05) is 24.3 Å². The van der Waals surface area contributed by atoms with E-state index in [1.54, 1.807) is 21.8 Å². The maximum absolute atomic E-state index is 14.0. The first-order valence-corrected chi connectivity index (χ1v) is 9.24. The van der Waals surface area contributed by atoms with Gasteiger partial charge >= 0.3 is 0 Å². The topological polar surface area (TPSA) is 60.2 Å². The van der Waals surface area contributed by atoms with Crippen LogP contribution in [0.5, 0.6) is 0 Å². The average Bonchev–Trinajstić information content (AvgIpc) is 3.21. The maximum atomic E-state index is 14.0. The smallest absolute Gasteiger partial charge is 0.266 e. The predicted octanol–water partition coefficient (Wildman–Crippen LogP) is 3.15. The summed E-state index contributed by atoms with van der Waals surface area (Å²) in [5.41, 5.74) is 1.67. The van der Waals surface area contributed by atoms with Crippen LogP contribution in [-0.4, -0.2) is 20.9 Å². The van der Waals surface area contributed by atoms with Crippen molar-refractivity contribution in [1.82, 2.24) is 15.0 Å². The number of carbonyl (C=O) groups excluding carboxylic acids is 1. The fourth-order valence-corrected chi connectivity index (χ4v) is 3.97. The Balaban J connectivity index is 1.59. The predicted molar refractivity (Wildman–Crippen MR) is 98.2 cm³/mol. The van der Waals surface area contributed by atoms with Crippen LogP contribution in [-0.2, 0) is 34.8 Å². The third kappa shape index (κ3) is 2.51. The summed E-state index contributed by atoms with van der Waals surface area (Å²) >= 11 is 3.41. The van der Waals surface area contributed by atoms with E-state index in [4.69, 9.17) is 4.74 Å². The quantitative estimate of drug-likeness (QED) is 0.628. The molecule has 2 aliphatic heterocycles. The first-order chi connectivity index (χ1) is 13.1. The molecular weight excluding hydrogens is 415 g/mol. The zero-order chi connectivity index (χ0) is 18.6. The van der Waals surface area contributed by atoms with Gasteiger partial charge in [0.25, 0.3) is 5.91 Å². The molecule has 0 fully saturated rings. The number of hydrogen-bond acceptors (Lipinski definition) is 4. The minimum Gasteiger partial charge on any atom is -0.352 e. The highest BCUT2D eigenvalue weighted by Gasteiger charge is 2.54. The summed E-state index contributed by atoms with van der Waals surface area (Å²) in [4.78, 5) is 15.1. The van der Waals surface area contributed by atoms with Crippen molar-refractivity contribution in [3.63, 3.8) is 0 Å². The van der Waals surface area contributed by atoms with Crippen molar-refractivity contribution in [2.75, 3.05) is 4.90 Å². The summed E-state index contributed by atoms with van der Waals surface area (Å²) in [5, 5.41) is 7.92. The van der Waals surface area contributed by atoms with E-state index in [1.165, 1.54) is 12.1 Å². The highest BCUT2D eigenvalue weighted by atomic mass is 79.9. The number of amides is 1. The molecule has 1 atom stereocenters. The summed E-state index contributed by atoms with van der Waals surface area (Å²) in [5.74, 6) is -0.619. The lowest BCUT2D eigenvalue weighted by Gasteiger charge is -2.32. The lowest BCUT2D eigenvalue weighted by atomic mass is 9.93. The summed E-state index contributed by atoms with van der Waals surface area (Å²) in [7, 11) is 0. The number of aromatic nitrogens is 3. The first-order valence-electron chi connectivity index (χ1n) is 8.45. The van der Waals surface area contributed by atoms with Gasteiger partial charge in [-0.05, 0) is 35.9 Å². The van der Waals surface area contributed by atoms with Gasteiger partial charge in [0.05, 0.1) is 37.3 Å². The molecule has 1 unspecified atom stereocenters. The number of fused-ring (bicyclic) bond motifs is 3. The Kier molecular flexibility index (Phi) is 3.66. The summed E-state index contributed by atoms with van der Waals surface area (Å²) in [6.45, 7) is 0.745. The van der Waals surface area contributed by atoms with Gasteiger partial charge in [0.1, 0.15) is 5.82 Å². The Hall–Kier alpha value is -2.58. The molecule has 136 valence electrons. The number of nitrogens with zero attached hydrogens (tertiary/aromatic N) is 4. The standard InChI is InChI=1S/C19H14BrFN4O2/c20-13-3-1-12(2-4-13)9-24-17-6-5-14(21)7-16(17)19(18(24)26)11-25-15(10-27-19)8-22-23-25/h1-8H,9-11H2. The average molecular weight is 429 g/mol. The number of carbonyl (C=O) groups is 1. The van der Waals surface area contributed by atoms with Crippen molar-refractivity contribution in [3.05, 3.63) is 75.8 Å². The van der Waals surface area contributed by atoms with Gasteiger partial charge in [-0.1, -0.05) is 33.3 Å². The summed E-state index contributed by atoms with van der Waals surface area (Å²) in [6.07, 6.45) is 1.61. The number of benzene rings is 2. The monoisotopic (exact) mass is 428 g/mol. The molecule has 0 saturated carbocycles. The van der Waals surface area contributed by atoms with Crippen LogP contribution in [0.15, 0.2) is 53.1 Å². The highest BCUT2D eigenvalue weighted by molar-refractivity contribution is 9.10. The number of anilines is 1. The van der Waals surface area contributed by atoms with Crippen LogP contribution in [0.1, 0.15) is 16.8 Å². The molecule has 1 spiro atoms. The van der Waals surface area contributed by atoms with Crippen molar-refractivity contribution in [2.24, 2.45) is 0 Å². The van der Waals surface area contributed by atoms with Gasteiger partial charge in [-0.3, -0.25) is 4.79 Å². The van der Waals surface area contributed by atoms with Crippen LogP contribution in [0.4, 0.5) is 10.1 Å². The number of halogens is 2. The Bertz CT molecular complexity index is 1050. The van der Waals surface area contributed by atoms with E-state index in [2.05, 4.69) is 26.2 Å². The molecule has 5 rings (SSSR count). The highest BCUT2D eigenvalue weighted by Crippen LogP contribution is 2.46. The minimum atomic E-state index is -1.28. The van der Waals surface area contributed by atoms with Gasteiger partial charge in [-0.15, -0.1) is 5.10 Å². The molecule has 0 N–H and O–H groups in total. The van der Waals surface area contributed by atoms with Crippen molar-refractivity contribution < 1.29 is 13.9 Å². The lowest BCUT2D eigenvalue weighted by Crippen LogP contribution is -2.47. The molecule has 27 heavy (non-hydrogen) atoms. The second-order valence-electron chi connectivity index (χ2n) is 6.68. The van der Waals surface area contributed by atoms with E-state index in [0.29, 0.717) is 17.8 Å². The normalized spacial score (nSPS) is 20.8. The van der Waals surface area contributed by atoms with E-state index >= 15 is 0 Å². The molecule has 0 radical (unpaired) electrons. The molecule has 3 aromatic rings. The zero-order valence-corrected chi connectivity index (χ0v) is 15.7. The largest absolute Gasteiger partial charge is 0.352 e. The van der Waals surface area contributed by atoms with Crippen molar-refractivity contribution >= 4 is 27.5 Å². The molecule has 2 aromatic carbocycles. The van der Waals surface area contributed by atoms with Gasteiger partial charge < -0.3 is 9.64 Å². The molecule has 8 heteroatoms. The Morgan fingerprint density at radius 3 is 2.85 bits per heavy atom. The van der Waals surface area contributed by atoms with Gasteiger partial charge in [-0.2, -0.15) is 0 Å². The van der Waals surface area contributed by atoms with Gasteiger partial charge in [0.2, 0.25) is 0 Å². The molecule has 1 amide bonds. The zero-order valence-electron chi connectivity index (χ0n) is 14.1. The van der Waals surface area contributed by atoms with Crippen molar-refractivity contribution in [2.45, 2.75) is 25.3 Å². The SMILES string of the molecule is O=C1N(Cc2ccc(Br)cc2)c2ccc(F)cc2C12Cn1nncc1CO2. The van der Waals surface area contributed by atoms with E-state index in [0.717, 1.165) is 15.7 Å². The second kappa shape index (κ2) is 5.97. The van der Waals surface area contributed by atoms with Crippen molar-refractivity contribution in [3.8, 4) is 0 Å². The lowest BCUT2D eigenvalue weighted by molar-refractivity contribution is -0.153. The van der Waals surface area contributed by atoms with Crippen LogP contribution in [0, 0.1) is 5.82 Å². The molecule has 0 saturated heterocycles. The van der Waals surface area contributed by atoms with Crippen LogP contribution in [0.25, 0.3) is 0 Å². The van der Waals surface area contributed by atoms with Gasteiger partial charge in [-0.25, -0.2) is 9.07 Å². The third-order valence-corrected chi connectivity index (χ3v) is 5.59. The molecule has 6 nitrogen and oxygen atoms in total. The van der Waals surface area contributed by atoms with Crippen molar-refractivity contribution in [1.29, 1.82) is 0 Å². The molecular formula is C19H14BrFN4O2. The third-order valence-electron chi connectivity index (χ3n) is 5.07. The molecule has 1 aromatic heterocycles. The molecule has 0 aliphatic carbocycles. The fraction of sp³-hybridized carbons (Fsp3) is 0.211. The fourth-order valence-electron chi connectivity index (χ4n) is 3.71. The summed E-state index contributed by atoms with van der Waals surface area (Å²) < 4.78 is 22.7. The van der Waals surface area contributed by atoms with E-state index < -0.39 is 11.4 Å². The van der Waals surface area contributed by atoms with Crippen LogP contribution < -0.4 is 4.90 Å². The first kappa shape index (κ1) is 16.6. The Morgan fingerprint density at radius 2 is 2.04 bits per heavy atom. The maximum Gasteiger partial charge on any atom is 0.266 e. The molecule has 2 aliphatic rings. The van der Waals surface area contributed by atoms with Crippen LogP contribution in [0.2, 0.25) is 0 Å². The van der Waals surface area contributed by atoms with Crippen LogP contribution in [0.3, 0.4) is 0 Å². The number of ether oxygens (including phenoxy) is 1. The molecule has 0 bridgehead atoms. The number of hydrogen-bond donors (Lipinski definition) is 0. The van der Waals surface area contributed by atoms with E-state index in [-0.39, 0.29) is 19.1 Å².